The fraction of sp³-hybridized carbons (Fsp3) is 0.381. The minimum Gasteiger partial charge on any atom is -0.330 e. The second kappa shape index (κ2) is 21.2. The first-order valence-corrected chi connectivity index (χ1v) is 25.0. The molecular weight excluding hydrogens is 946 g/mol. The fourth-order valence-electron chi connectivity index (χ4n) is 7.32. The zero-order valence-electron chi connectivity index (χ0n) is 36.0. The highest BCUT2D eigenvalue weighted by Gasteiger charge is 2.32. The summed E-state index contributed by atoms with van der Waals surface area (Å²) in [5, 5.41) is 13.0. The van der Waals surface area contributed by atoms with Crippen LogP contribution < -0.4 is 14.8 Å². The second-order valence-electron chi connectivity index (χ2n) is 15.8. The van der Waals surface area contributed by atoms with Crippen LogP contribution in [0.4, 0.5) is 11.4 Å². The lowest BCUT2D eigenvalue weighted by atomic mass is 9.97. The Hall–Kier alpha value is -4.56. The topological polar surface area (TPSA) is 202 Å². The number of nitrogens with zero attached hydrogens (tertiary/aromatic N) is 7. The Morgan fingerprint density at radius 1 is 0.703 bits per heavy atom. The van der Waals surface area contributed by atoms with Crippen LogP contribution in [0.5, 0.6) is 0 Å². The zero-order valence-corrected chi connectivity index (χ0v) is 40.7. The number of hydrogen-bond donors (Lipinski definition) is 3. The van der Waals surface area contributed by atoms with Crippen molar-refractivity contribution in [3.8, 4) is 0 Å². The van der Waals surface area contributed by atoms with Crippen LogP contribution in [0, 0.1) is 27.7 Å². The van der Waals surface area contributed by atoms with E-state index in [-0.39, 0.29) is 41.3 Å². The summed E-state index contributed by atoms with van der Waals surface area (Å²) in [7, 11) is -6.93. The molecule has 3 N–H and O–H groups in total. The number of rotatable bonds is 8. The SMILES string of the molecule is Cc1ccc(NS(C)(=O)=O)c(C(=O)Cl)c1.Cc1ccc(NS(C)(=O)=O)c(C(=O)N2CCCC[C@H]2c2cc3nc(Cl)c(C)cn3n2)c1.Cc1cn2nc([C@@H]3CCCCN3)cc2nc1Cl.Cl. The zero-order chi connectivity index (χ0) is 45.8. The molecule has 2 aliphatic heterocycles. The summed E-state index contributed by atoms with van der Waals surface area (Å²) in [6, 6.07) is 13.9. The first-order valence-electron chi connectivity index (χ1n) is 20.1. The van der Waals surface area contributed by atoms with E-state index < -0.39 is 25.3 Å². The highest BCUT2D eigenvalue weighted by Crippen LogP contribution is 2.34. The molecule has 64 heavy (non-hydrogen) atoms. The number of amides is 1. The van der Waals surface area contributed by atoms with Crippen LogP contribution in [0.15, 0.2) is 60.9 Å². The van der Waals surface area contributed by atoms with E-state index in [4.69, 9.17) is 34.8 Å². The van der Waals surface area contributed by atoms with E-state index in [9.17, 15) is 26.4 Å². The number of carbonyl (C=O) groups excluding carboxylic acids is 2. The molecule has 8 rings (SSSR count). The number of hydrogen-bond acceptors (Lipinski definition) is 11. The van der Waals surface area contributed by atoms with Crippen molar-refractivity contribution in [3.63, 3.8) is 0 Å². The van der Waals surface area contributed by atoms with E-state index in [1.807, 2.05) is 49.8 Å². The van der Waals surface area contributed by atoms with Crippen molar-refractivity contribution < 1.29 is 26.4 Å². The summed E-state index contributed by atoms with van der Waals surface area (Å²) in [5.41, 5.74) is 7.69. The first-order chi connectivity index (χ1) is 29.7. The van der Waals surface area contributed by atoms with Crippen LogP contribution >= 0.6 is 47.2 Å². The molecule has 2 atom stereocenters. The molecule has 1 amide bonds. The van der Waals surface area contributed by atoms with E-state index in [0.29, 0.717) is 34.1 Å². The number of likely N-dealkylation sites (tertiary alicyclic amines) is 1. The third-order valence-electron chi connectivity index (χ3n) is 10.3. The largest absolute Gasteiger partial charge is 0.330 e. The van der Waals surface area contributed by atoms with Crippen LogP contribution in [-0.2, 0) is 20.0 Å². The number of fused-ring (bicyclic) bond motifs is 2. The van der Waals surface area contributed by atoms with E-state index in [1.165, 1.54) is 25.0 Å². The first kappa shape index (κ1) is 50.4. The number of aryl methyl sites for hydroxylation is 4. The normalized spacial score (nSPS) is 16.5. The molecule has 16 nitrogen and oxygen atoms in total. The number of piperidine rings is 2. The lowest BCUT2D eigenvalue weighted by Gasteiger charge is -2.35. The molecule has 2 aliphatic rings. The van der Waals surface area contributed by atoms with Crippen molar-refractivity contribution in [3.05, 3.63) is 116 Å². The monoisotopic (exact) mass is 994 g/mol. The molecule has 2 aromatic carbocycles. The molecule has 2 saturated heterocycles. The molecule has 6 aromatic rings. The van der Waals surface area contributed by atoms with Gasteiger partial charge in [0.15, 0.2) is 11.3 Å². The molecule has 6 heterocycles. The third-order valence-corrected chi connectivity index (χ3v) is 12.5. The van der Waals surface area contributed by atoms with Crippen LogP contribution in [0.1, 0.15) is 105 Å². The van der Waals surface area contributed by atoms with Gasteiger partial charge in [-0.1, -0.05) is 52.9 Å². The summed E-state index contributed by atoms with van der Waals surface area (Å²) in [6.07, 6.45) is 12.1. The third kappa shape index (κ3) is 13.0. The van der Waals surface area contributed by atoms with Gasteiger partial charge in [-0.25, -0.2) is 35.8 Å². The molecule has 22 heteroatoms. The van der Waals surface area contributed by atoms with Gasteiger partial charge < -0.3 is 10.2 Å². The molecule has 0 radical (unpaired) electrons. The number of aromatic nitrogens is 6. The van der Waals surface area contributed by atoms with Crippen LogP contribution in [0.2, 0.25) is 10.3 Å². The molecule has 0 spiro atoms. The van der Waals surface area contributed by atoms with Gasteiger partial charge in [-0.05, 0) is 102 Å². The van der Waals surface area contributed by atoms with Crippen LogP contribution in [-0.4, -0.2) is 87.7 Å². The number of carbonyl (C=O) groups is 2. The maximum absolute atomic E-state index is 13.6. The molecule has 2 fully saturated rings. The number of halogens is 4. The Bertz CT molecular complexity index is 2830. The summed E-state index contributed by atoms with van der Waals surface area (Å²) in [6.45, 7) is 9.10. The van der Waals surface area contributed by atoms with Gasteiger partial charge in [0.05, 0.1) is 58.5 Å². The smallest absolute Gasteiger partial charge is 0.256 e. The number of benzene rings is 2. The molecule has 0 saturated carbocycles. The standard InChI is InChI=1S/C21H24ClN5O3S.C12H15ClN4.C9H10ClNO3S.ClH/c1-13-7-8-16(25-31(3,29)30)15(10-13)21(28)26-9-5-4-6-18(26)17-11-19-23-20(22)14(2)12-27(19)24-17;1-8-7-17-11(15-12(8)13)6-10(16-17)9-4-2-3-5-14-9;1-6-3-4-8(11-15(2,13)14)7(5-6)9(10)12;/h7-8,10-12,18,25H,4-6,9H2,1-3H3;6-7,9,14H,2-5H2,1H3;3-5,11H,1-2H3;1H/t18-;9-;;/m00../s1. The average molecular weight is 997 g/mol. The maximum atomic E-state index is 13.6. The van der Waals surface area contributed by atoms with Gasteiger partial charge in [0.2, 0.25) is 20.0 Å². The number of sulfonamides is 2. The predicted molar refractivity (Wildman–Crippen MR) is 254 cm³/mol. The van der Waals surface area contributed by atoms with E-state index in [0.717, 1.165) is 84.0 Å². The average Bonchev–Trinajstić information content (AvgIpc) is 3.82. The summed E-state index contributed by atoms with van der Waals surface area (Å²) in [5.74, 6) is -0.223. The second-order valence-corrected chi connectivity index (χ2v) is 20.4. The highest BCUT2D eigenvalue weighted by atomic mass is 35.5. The molecule has 4 aromatic heterocycles. The Morgan fingerprint density at radius 3 is 1.72 bits per heavy atom. The Morgan fingerprint density at radius 2 is 1.20 bits per heavy atom. The minimum atomic E-state index is -3.53. The Balaban J connectivity index is 0.000000197. The van der Waals surface area contributed by atoms with Crippen molar-refractivity contribution in [2.45, 2.75) is 78.3 Å². The summed E-state index contributed by atoms with van der Waals surface area (Å²) in [4.78, 5) is 35.1. The molecular formula is C42H50Cl4N10O6S2. The molecule has 0 bridgehead atoms. The quantitative estimate of drug-likeness (QED) is 0.0976. The number of nitrogens with one attached hydrogen (secondary N) is 3. The van der Waals surface area contributed by atoms with Gasteiger partial charge in [-0.15, -0.1) is 12.4 Å². The van der Waals surface area contributed by atoms with Crippen molar-refractivity contribution >= 4 is 101 Å². The minimum absolute atomic E-state index is 0. The van der Waals surface area contributed by atoms with E-state index >= 15 is 0 Å². The number of anilines is 2. The van der Waals surface area contributed by atoms with Gasteiger partial charge in [0, 0.05) is 42.2 Å². The van der Waals surface area contributed by atoms with Crippen LogP contribution in [0.3, 0.4) is 0 Å². The predicted octanol–water partition coefficient (Wildman–Crippen LogP) is 8.41. The summed E-state index contributed by atoms with van der Waals surface area (Å²) < 4.78 is 53.8. The van der Waals surface area contributed by atoms with Crippen molar-refractivity contribution in [2.24, 2.45) is 0 Å². The fourth-order valence-corrected chi connectivity index (χ4v) is 8.90. The van der Waals surface area contributed by atoms with E-state index in [1.54, 1.807) is 40.6 Å². The highest BCUT2D eigenvalue weighted by molar-refractivity contribution is 7.92. The molecule has 344 valence electrons. The Kier molecular flexibility index (Phi) is 16.7. The van der Waals surface area contributed by atoms with Gasteiger partial charge >= 0.3 is 0 Å². The van der Waals surface area contributed by atoms with Crippen molar-refractivity contribution in [1.82, 2.24) is 39.4 Å². The molecule has 0 unspecified atom stereocenters. The van der Waals surface area contributed by atoms with Crippen molar-refractivity contribution in [2.75, 3.05) is 35.0 Å². The van der Waals surface area contributed by atoms with Crippen LogP contribution in [0.25, 0.3) is 11.3 Å². The van der Waals surface area contributed by atoms with E-state index in [2.05, 4.69) is 34.9 Å². The molecule has 0 aliphatic carbocycles. The Labute approximate surface area is 394 Å². The summed E-state index contributed by atoms with van der Waals surface area (Å²) >= 11 is 17.5. The van der Waals surface area contributed by atoms with Gasteiger partial charge in [-0.3, -0.25) is 19.0 Å². The van der Waals surface area contributed by atoms with Gasteiger partial charge in [0.1, 0.15) is 10.3 Å². The van der Waals surface area contributed by atoms with Gasteiger partial charge in [-0.2, -0.15) is 10.2 Å². The lowest BCUT2D eigenvalue weighted by molar-refractivity contribution is 0.0606. The van der Waals surface area contributed by atoms with Gasteiger partial charge in [0.25, 0.3) is 11.1 Å². The lowest BCUT2D eigenvalue weighted by Crippen LogP contribution is -2.39. The maximum Gasteiger partial charge on any atom is 0.256 e. The van der Waals surface area contributed by atoms with Crippen molar-refractivity contribution in [1.29, 1.82) is 0 Å².